The van der Waals surface area contributed by atoms with Gasteiger partial charge in [0.15, 0.2) is 0 Å². The Morgan fingerprint density at radius 2 is 1.02 bits per heavy atom. The van der Waals surface area contributed by atoms with Crippen molar-refractivity contribution in [3.63, 3.8) is 0 Å². The number of nitrogens with zero attached hydrogens (tertiary/aromatic N) is 2. The number of thiophene rings is 1. The molecule has 55 heavy (non-hydrogen) atoms. The molecule has 12 rings (SSSR count). The minimum atomic E-state index is 1.04. The summed E-state index contributed by atoms with van der Waals surface area (Å²) in [4.78, 5) is 0. The van der Waals surface area contributed by atoms with E-state index in [0.717, 1.165) is 12.8 Å². The predicted octanol–water partition coefficient (Wildman–Crippen LogP) is 14.5. The zero-order valence-corrected chi connectivity index (χ0v) is 30.9. The molecular formula is C52H34N2S. The van der Waals surface area contributed by atoms with Crippen LogP contribution in [-0.4, -0.2) is 9.13 Å². The first-order valence-electron chi connectivity index (χ1n) is 19.2. The van der Waals surface area contributed by atoms with Crippen molar-refractivity contribution in [3.05, 3.63) is 187 Å². The van der Waals surface area contributed by atoms with E-state index in [9.17, 15) is 0 Å². The van der Waals surface area contributed by atoms with Gasteiger partial charge in [-0.05, 0) is 107 Å². The van der Waals surface area contributed by atoms with E-state index in [1.807, 2.05) is 11.3 Å². The SMILES string of the molecule is C1=Cc2c(c3c4cc(-c5ccccc5)ccc4sc3c3c4cc(-c5ccc6c(c5)c5ccccc5n6-c5ccccc5)ccc4n(-c4ccccc4)c23)CC1. The van der Waals surface area contributed by atoms with Gasteiger partial charge < -0.3 is 9.13 Å². The molecule has 0 saturated carbocycles. The van der Waals surface area contributed by atoms with Crippen molar-refractivity contribution in [2.45, 2.75) is 12.8 Å². The van der Waals surface area contributed by atoms with Crippen LogP contribution in [0.3, 0.4) is 0 Å². The number of benzene rings is 8. The smallest absolute Gasteiger partial charge is 0.0630 e. The minimum absolute atomic E-state index is 1.04. The summed E-state index contributed by atoms with van der Waals surface area (Å²) in [7, 11) is 0. The second-order valence-electron chi connectivity index (χ2n) is 14.8. The Labute approximate surface area is 322 Å². The van der Waals surface area contributed by atoms with E-state index >= 15 is 0 Å². The first kappa shape index (κ1) is 30.7. The van der Waals surface area contributed by atoms with Crippen LogP contribution in [0.15, 0.2) is 176 Å². The van der Waals surface area contributed by atoms with Gasteiger partial charge in [-0.25, -0.2) is 0 Å². The van der Waals surface area contributed by atoms with Crippen molar-refractivity contribution >= 4 is 81.2 Å². The second kappa shape index (κ2) is 11.9. The van der Waals surface area contributed by atoms with Crippen molar-refractivity contribution in [1.29, 1.82) is 0 Å². The molecule has 0 atom stereocenters. The fourth-order valence-electron chi connectivity index (χ4n) is 9.34. The van der Waals surface area contributed by atoms with E-state index in [1.54, 1.807) is 0 Å². The molecule has 0 radical (unpaired) electrons. The van der Waals surface area contributed by atoms with Gasteiger partial charge in [0.1, 0.15) is 0 Å². The highest BCUT2D eigenvalue weighted by Crippen LogP contribution is 2.50. The largest absolute Gasteiger partial charge is 0.309 e. The number of rotatable bonds is 4. The van der Waals surface area contributed by atoms with E-state index in [2.05, 4.69) is 191 Å². The Balaban J connectivity index is 1.17. The van der Waals surface area contributed by atoms with Crippen molar-refractivity contribution in [3.8, 4) is 33.6 Å². The van der Waals surface area contributed by atoms with E-state index in [1.165, 1.54) is 109 Å². The van der Waals surface area contributed by atoms with Gasteiger partial charge in [-0.3, -0.25) is 0 Å². The van der Waals surface area contributed by atoms with Gasteiger partial charge in [0.05, 0.1) is 22.1 Å². The van der Waals surface area contributed by atoms with Crippen LogP contribution in [0.25, 0.3) is 103 Å². The van der Waals surface area contributed by atoms with Crippen LogP contribution in [-0.2, 0) is 6.42 Å². The third-order valence-corrected chi connectivity index (χ3v) is 12.9. The molecule has 1 aliphatic rings. The number of fused-ring (bicyclic) bond motifs is 13. The molecule has 258 valence electrons. The summed E-state index contributed by atoms with van der Waals surface area (Å²) in [6.07, 6.45) is 6.87. The average molecular weight is 719 g/mol. The summed E-state index contributed by atoms with van der Waals surface area (Å²) in [6, 6.07) is 62.5. The van der Waals surface area contributed by atoms with Gasteiger partial charge in [-0.15, -0.1) is 11.3 Å². The quantitative estimate of drug-likeness (QED) is 0.171. The van der Waals surface area contributed by atoms with Gasteiger partial charge in [-0.1, -0.05) is 115 Å². The molecule has 3 aromatic heterocycles. The van der Waals surface area contributed by atoms with Crippen LogP contribution in [0.4, 0.5) is 0 Å². The molecule has 0 amide bonds. The lowest BCUT2D eigenvalue weighted by molar-refractivity contribution is 0.998. The maximum atomic E-state index is 2.53. The molecule has 0 saturated heterocycles. The fraction of sp³-hybridized carbons (Fsp3) is 0.0385. The number of allylic oxidation sites excluding steroid dienone is 1. The summed E-state index contributed by atoms with van der Waals surface area (Å²) in [5.41, 5.74) is 15.2. The van der Waals surface area contributed by atoms with Gasteiger partial charge in [0.2, 0.25) is 0 Å². The second-order valence-corrected chi connectivity index (χ2v) is 15.8. The van der Waals surface area contributed by atoms with Crippen LogP contribution in [0, 0.1) is 0 Å². The average Bonchev–Trinajstić information content (AvgIpc) is 3.92. The maximum absolute atomic E-state index is 2.53. The van der Waals surface area contributed by atoms with Crippen molar-refractivity contribution in [1.82, 2.24) is 9.13 Å². The van der Waals surface area contributed by atoms with E-state index in [4.69, 9.17) is 0 Å². The zero-order valence-electron chi connectivity index (χ0n) is 30.0. The lowest BCUT2D eigenvalue weighted by atomic mass is 9.89. The molecule has 3 heterocycles. The highest BCUT2D eigenvalue weighted by Gasteiger charge is 2.26. The molecule has 1 aliphatic carbocycles. The van der Waals surface area contributed by atoms with Crippen LogP contribution < -0.4 is 0 Å². The van der Waals surface area contributed by atoms with Crippen LogP contribution in [0.1, 0.15) is 17.5 Å². The Morgan fingerprint density at radius 3 is 1.78 bits per heavy atom. The highest BCUT2D eigenvalue weighted by atomic mass is 32.1. The molecular weight excluding hydrogens is 685 g/mol. The molecule has 0 fully saturated rings. The summed E-state index contributed by atoms with van der Waals surface area (Å²) in [6.45, 7) is 0. The first-order chi connectivity index (χ1) is 27.3. The number of aromatic nitrogens is 2. The minimum Gasteiger partial charge on any atom is -0.309 e. The van der Waals surface area contributed by atoms with E-state index < -0.39 is 0 Å². The summed E-state index contributed by atoms with van der Waals surface area (Å²) < 4.78 is 7.65. The molecule has 0 spiro atoms. The van der Waals surface area contributed by atoms with Crippen LogP contribution >= 0.6 is 11.3 Å². The highest BCUT2D eigenvalue weighted by molar-refractivity contribution is 7.26. The summed E-state index contributed by atoms with van der Waals surface area (Å²) in [5, 5.41) is 7.98. The summed E-state index contributed by atoms with van der Waals surface area (Å²) in [5.74, 6) is 0. The van der Waals surface area contributed by atoms with Crippen LogP contribution in [0.2, 0.25) is 0 Å². The molecule has 0 unspecified atom stereocenters. The normalized spacial score (nSPS) is 12.9. The van der Waals surface area contributed by atoms with Gasteiger partial charge in [0.25, 0.3) is 0 Å². The van der Waals surface area contributed by atoms with Crippen LogP contribution in [0.5, 0.6) is 0 Å². The molecule has 3 heteroatoms. The summed E-state index contributed by atoms with van der Waals surface area (Å²) >= 11 is 1.96. The monoisotopic (exact) mass is 718 g/mol. The molecule has 2 nitrogen and oxygen atoms in total. The number of aryl methyl sites for hydroxylation is 1. The third-order valence-electron chi connectivity index (χ3n) is 11.8. The van der Waals surface area contributed by atoms with Gasteiger partial charge in [0, 0.05) is 58.7 Å². The van der Waals surface area contributed by atoms with Gasteiger partial charge in [-0.2, -0.15) is 0 Å². The Kier molecular flexibility index (Phi) is 6.66. The van der Waals surface area contributed by atoms with Crippen molar-refractivity contribution < 1.29 is 0 Å². The topological polar surface area (TPSA) is 9.86 Å². The fourth-order valence-corrected chi connectivity index (χ4v) is 10.6. The maximum Gasteiger partial charge on any atom is 0.0630 e. The lowest BCUT2D eigenvalue weighted by Gasteiger charge is -2.17. The van der Waals surface area contributed by atoms with Crippen molar-refractivity contribution in [2.75, 3.05) is 0 Å². The van der Waals surface area contributed by atoms with E-state index in [-0.39, 0.29) is 0 Å². The molecule has 8 aromatic carbocycles. The molecule has 0 N–H and O–H groups in total. The zero-order chi connectivity index (χ0) is 36.0. The number of hydrogen-bond donors (Lipinski definition) is 0. The van der Waals surface area contributed by atoms with Crippen molar-refractivity contribution in [2.24, 2.45) is 0 Å². The first-order valence-corrected chi connectivity index (χ1v) is 20.0. The third kappa shape index (κ3) is 4.54. The predicted molar refractivity (Wildman–Crippen MR) is 236 cm³/mol. The Morgan fingerprint density at radius 1 is 0.436 bits per heavy atom. The van der Waals surface area contributed by atoms with Gasteiger partial charge >= 0.3 is 0 Å². The lowest BCUT2D eigenvalue weighted by Crippen LogP contribution is -2.01. The van der Waals surface area contributed by atoms with E-state index in [0.29, 0.717) is 0 Å². The number of para-hydroxylation sites is 3. The Bertz CT molecular complexity index is 3340. The molecule has 0 aliphatic heterocycles. The molecule has 0 bridgehead atoms. The molecule has 11 aromatic rings. The standard InChI is InChI=1S/C52H34N2S/c1-4-14-33(15-5-1)34-26-29-48-44(32-34)49-40-21-10-11-22-41(40)51-50(52(49)55-48)43-31-36(25-28-47(43)54(51)38-18-8-3-9-19-38)35-24-27-46-42(30-35)39-20-12-13-23-45(39)53(46)37-16-6-2-7-17-37/h1-9,11-20,22-32H,10,21H2. The Hall–Kier alpha value is -6.68. The number of hydrogen-bond acceptors (Lipinski definition) is 1.